The van der Waals surface area contributed by atoms with Gasteiger partial charge in [0.1, 0.15) is 0 Å². The smallest absolute Gasteiger partial charge is 0.254 e. The summed E-state index contributed by atoms with van der Waals surface area (Å²) in [4.78, 5) is 14.2. The van der Waals surface area contributed by atoms with Crippen LogP contribution in [0.15, 0.2) is 18.2 Å². The Kier molecular flexibility index (Phi) is 3.28. The van der Waals surface area contributed by atoms with Crippen molar-refractivity contribution in [3.8, 4) is 0 Å². The van der Waals surface area contributed by atoms with Crippen molar-refractivity contribution in [1.82, 2.24) is 4.90 Å². The summed E-state index contributed by atoms with van der Waals surface area (Å²) >= 11 is 0. The van der Waals surface area contributed by atoms with Crippen molar-refractivity contribution in [2.24, 2.45) is 0 Å². The van der Waals surface area contributed by atoms with E-state index >= 15 is 0 Å². The minimum atomic E-state index is 0.213. The molecule has 1 aromatic rings. The Labute approximate surface area is 97.3 Å². The van der Waals surface area contributed by atoms with E-state index in [1.807, 2.05) is 17.0 Å². The zero-order valence-electron chi connectivity index (χ0n) is 10.1. The van der Waals surface area contributed by atoms with Crippen LogP contribution in [0.4, 0.5) is 0 Å². The summed E-state index contributed by atoms with van der Waals surface area (Å²) in [5.41, 5.74) is 3.33. The molecule has 0 spiro atoms. The van der Waals surface area contributed by atoms with Crippen LogP contribution in [0.25, 0.3) is 0 Å². The highest BCUT2D eigenvalue weighted by molar-refractivity contribution is 5.96. The molecule has 0 N–H and O–H groups in total. The van der Waals surface area contributed by atoms with Crippen molar-refractivity contribution in [3.05, 3.63) is 34.9 Å². The van der Waals surface area contributed by atoms with Gasteiger partial charge >= 0.3 is 0 Å². The topological polar surface area (TPSA) is 20.3 Å². The molecule has 0 bridgehead atoms. The lowest BCUT2D eigenvalue weighted by Gasteiger charge is -2.17. The van der Waals surface area contributed by atoms with Crippen LogP contribution in [0.2, 0.25) is 0 Å². The lowest BCUT2D eigenvalue weighted by atomic mass is 10.00. The lowest BCUT2D eigenvalue weighted by molar-refractivity contribution is 0.0792. The summed E-state index contributed by atoms with van der Waals surface area (Å²) in [7, 11) is 0. The summed E-state index contributed by atoms with van der Waals surface area (Å²) in [6.07, 6.45) is 3.30. The van der Waals surface area contributed by atoms with Gasteiger partial charge in [-0.15, -0.1) is 0 Å². The van der Waals surface area contributed by atoms with Crippen LogP contribution >= 0.6 is 0 Å². The second-order valence-electron chi connectivity index (χ2n) is 4.44. The van der Waals surface area contributed by atoms with E-state index in [1.165, 1.54) is 5.56 Å². The third-order valence-electron chi connectivity index (χ3n) is 3.45. The number of benzene rings is 1. The Morgan fingerprint density at radius 3 is 2.62 bits per heavy atom. The van der Waals surface area contributed by atoms with E-state index in [1.54, 1.807) is 0 Å². The van der Waals surface area contributed by atoms with Crippen LogP contribution in [0, 0.1) is 6.92 Å². The van der Waals surface area contributed by atoms with Crippen LogP contribution in [-0.2, 0) is 6.42 Å². The second-order valence-corrected chi connectivity index (χ2v) is 4.44. The summed E-state index contributed by atoms with van der Waals surface area (Å²) in [6.45, 7) is 6.04. The first-order valence-electron chi connectivity index (χ1n) is 6.11. The van der Waals surface area contributed by atoms with E-state index in [2.05, 4.69) is 19.9 Å². The van der Waals surface area contributed by atoms with Crippen molar-refractivity contribution in [1.29, 1.82) is 0 Å². The number of hydrogen-bond donors (Lipinski definition) is 0. The molecule has 1 aliphatic heterocycles. The molecule has 0 aliphatic carbocycles. The van der Waals surface area contributed by atoms with Crippen LogP contribution in [0.1, 0.15) is 41.3 Å². The summed E-state index contributed by atoms with van der Waals surface area (Å²) < 4.78 is 0. The SMILES string of the molecule is CCc1cccc(C(=O)N2CCCC2)c1C. The molecular weight excluding hydrogens is 198 g/mol. The van der Waals surface area contributed by atoms with Crippen molar-refractivity contribution in [2.45, 2.75) is 33.1 Å². The van der Waals surface area contributed by atoms with Crippen LogP contribution in [0.3, 0.4) is 0 Å². The van der Waals surface area contributed by atoms with Gasteiger partial charge in [-0.25, -0.2) is 0 Å². The Bertz CT molecular complexity index is 392. The summed E-state index contributed by atoms with van der Waals surface area (Å²) in [5.74, 6) is 0.213. The number of carbonyl (C=O) groups excluding carboxylic acids is 1. The molecule has 0 unspecified atom stereocenters. The van der Waals surface area contributed by atoms with E-state index in [4.69, 9.17) is 0 Å². The second kappa shape index (κ2) is 4.69. The molecule has 0 atom stereocenters. The third kappa shape index (κ3) is 1.97. The standard InChI is InChI=1S/C14H19NO/c1-3-12-7-6-8-13(11(12)2)14(16)15-9-4-5-10-15/h6-8H,3-5,9-10H2,1-2H3. The van der Waals surface area contributed by atoms with Gasteiger partial charge in [0, 0.05) is 18.7 Å². The Balaban J connectivity index is 2.29. The lowest BCUT2D eigenvalue weighted by Crippen LogP contribution is -2.28. The van der Waals surface area contributed by atoms with Gasteiger partial charge in [-0.1, -0.05) is 19.1 Å². The molecular formula is C14H19NO. The predicted octanol–water partition coefficient (Wildman–Crippen LogP) is 2.79. The van der Waals surface area contributed by atoms with Gasteiger partial charge in [0.25, 0.3) is 5.91 Å². The number of carbonyl (C=O) groups is 1. The first-order chi connectivity index (χ1) is 7.74. The first kappa shape index (κ1) is 11.2. The zero-order chi connectivity index (χ0) is 11.5. The average molecular weight is 217 g/mol. The number of hydrogen-bond acceptors (Lipinski definition) is 1. The zero-order valence-corrected chi connectivity index (χ0v) is 10.1. The van der Waals surface area contributed by atoms with Gasteiger partial charge in [-0.2, -0.15) is 0 Å². The number of amides is 1. The molecule has 0 aromatic heterocycles. The molecule has 0 saturated carbocycles. The van der Waals surface area contributed by atoms with Crippen molar-refractivity contribution < 1.29 is 4.79 Å². The van der Waals surface area contributed by atoms with Gasteiger partial charge in [-0.05, 0) is 43.4 Å². The summed E-state index contributed by atoms with van der Waals surface area (Å²) in [6, 6.07) is 6.06. The number of aryl methyl sites for hydroxylation is 1. The van der Waals surface area contributed by atoms with E-state index in [0.717, 1.165) is 43.5 Å². The van der Waals surface area contributed by atoms with E-state index in [0.29, 0.717) is 0 Å². The molecule has 1 saturated heterocycles. The van der Waals surface area contributed by atoms with E-state index in [9.17, 15) is 4.79 Å². The Morgan fingerprint density at radius 1 is 1.31 bits per heavy atom. The molecule has 1 aromatic carbocycles. The van der Waals surface area contributed by atoms with Gasteiger partial charge in [0.15, 0.2) is 0 Å². The minimum absolute atomic E-state index is 0.213. The highest BCUT2D eigenvalue weighted by Crippen LogP contribution is 2.18. The molecule has 1 aliphatic rings. The molecule has 2 rings (SSSR count). The Morgan fingerprint density at radius 2 is 2.00 bits per heavy atom. The van der Waals surface area contributed by atoms with Gasteiger partial charge in [0.05, 0.1) is 0 Å². The van der Waals surface area contributed by atoms with Crippen molar-refractivity contribution in [2.75, 3.05) is 13.1 Å². The molecule has 2 heteroatoms. The van der Waals surface area contributed by atoms with Gasteiger partial charge in [-0.3, -0.25) is 4.79 Å². The quantitative estimate of drug-likeness (QED) is 0.746. The first-order valence-corrected chi connectivity index (χ1v) is 6.11. The molecule has 16 heavy (non-hydrogen) atoms. The normalized spacial score (nSPS) is 15.5. The number of likely N-dealkylation sites (tertiary alicyclic amines) is 1. The Hall–Kier alpha value is -1.31. The third-order valence-corrected chi connectivity index (χ3v) is 3.45. The van der Waals surface area contributed by atoms with E-state index < -0.39 is 0 Å². The van der Waals surface area contributed by atoms with Crippen LogP contribution in [-0.4, -0.2) is 23.9 Å². The summed E-state index contributed by atoms with van der Waals surface area (Å²) in [5, 5.41) is 0. The minimum Gasteiger partial charge on any atom is -0.339 e. The highest BCUT2D eigenvalue weighted by atomic mass is 16.2. The largest absolute Gasteiger partial charge is 0.339 e. The van der Waals surface area contributed by atoms with E-state index in [-0.39, 0.29) is 5.91 Å². The fraction of sp³-hybridized carbons (Fsp3) is 0.500. The molecule has 2 nitrogen and oxygen atoms in total. The molecule has 1 fully saturated rings. The predicted molar refractivity (Wildman–Crippen MR) is 65.7 cm³/mol. The maximum Gasteiger partial charge on any atom is 0.254 e. The van der Waals surface area contributed by atoms with Crippen LogP contribution in [0.5, 0.6) is 0 Å². The maximum atomic E-state index is 12.3. The number of rotatable bonds is 2. The fourth-order valence-electron chi connectivity index (χ4n) is 2.39. The maximum absolute atomic E-state index is 12.3. The monoisotopic (exact) mass is 217 g/mol. The van der Waals surface area contributed by atoms with Crippen molar-refractivity contribution >= 4 is 5.91 Å². The molecule has 0 radical (unpaired) electrons. The molecule has 86 valence electrons. The van der Waals surface area contributed by atoms with Crippen LogP contribution < -0.4 is 0 Å². The fourth-order valence-corrected chi connectivity index (χ4v) is 2.39. The van der Waals surface area contributed by atoms with Gasteiger partial charge < -0.3 is 4.90 Å². The van der Waals surface area contributed by atoms with Gasteiger partial charge in [0.2, 0.25) is 0 Å². The number of nitrogens with zero attached hydrogens (tertiary/aromatic N) is 1. The van der Waals surface area contributed by atoms with Crippen molar-refractivity contribution in [3.63, 3.8) is 0 Å². The molecule has 1 heterocycles. The molecule has 1 amide bonds. The highest BCUT2D eigenvalue weighted by Gasteiger charge is 2.21. The average Bonchev–Trinajstić information content (AvgIpc) is 2.82.